The fourth-order valence-electron chi connectivity index (χ4n) is 3.67. The number of hydrogen-bond acceptors (Lipinski definition) is 0. The molecule has 0 radical (unpaired) electrons. The van der Waals surface area contributed by atoms with Crippen LogP contribution in [0.25, 0.3) is 0 Å². The summed E-state index contributed by atoms with van der Waals surface area (Å²) in [5, 5.41) is 0.872. The Labute approximate surface area is 131 Å². The van der Waals surface area contributed by atoms with Crippen molar-refractivity contribution in [2.45, 2.75) is 44.4 Å². The first-order valence-electron chi connectivity index (χ1n) is 6.53. The van der Waals surface area contributed by atoms with E-state index in [9.17, 15) is 0 Å². The SMILES string of the molecule is CC1=[N+](C)c2ccc(Cl)cc2C12CCCCC2.[I-]. The second kappa shape index (κ2) is 5.12. The van der Waals surface area contributed by atoms with E-state index in [1.165, 1.54) is 49.1 Å². The summed E-state index contributed by atoms with van der Waals surface area (Å²) in [6.07, 6.45) is 6.65. The van der Waals surface area contributed by atoms with Gasteiger partial charge in [-0.1, -0.05) is 30.9 Å². The maximum absolute atomic E-state index is 6.19. The number of halogens is 2. The van der Waals surface area contributed by atoms with Gasteiger partial charge in [0.15, 0.2) is 5.71 Å². The fraction of sp³-hybridized carbons (Fsp3) is 0.533. The molecule has 1 aliphatic heterocycles. The Morgan fingerprint density at radius 2 is 1.83 bits per heavy atom. The van der Waals surface area contributed by atoms with Gasteiger partial charge < -0.3 is 24.0 Å². The predicted molar refractivity (Wildman–Crippen MR) is 72.7 cm³/mol. The number of hydrogen-bond donors (Lipinski definition) is 0. The van der Waals surface area contributed by atoms with Crippen molar-refractivity contribution >= 4 is 23.0 Å². The van der Waals surface area contributed by atoms with Gasteiger partial charge in [-0.15, -0.1) is 0 Å². The molecule has 3 heteroatoms. The standard InChI is InChI=1S/C15H19ClN.HI/c1-11-15(8-4-3-5-9-15)13-10-12(16)6-7-14(13)17(11)2;/h6-7,10H,3-5,8-9H2,1-2H3;1H/q+1;/p-1. The number of nitrogens with zero attached hydrogens (tertiary/aromatic N) is 1. The molecule has 0 amide bonds. The van der Waals surface area contributed by atoms with Gasteiger partial charge >= 0.3 is 0 Å². The highest BCUT2D eigenvalue weighted by Gasteiger charge is 2.49. The van der Waals surface area contributed by atoms with Gasteiger partial charge in [0.2, 0.25) is 5.69 Å². The molecule has 0 N–H and O–H groups in total. The van der Waals surface area contributed by atoms with Crippen LogP contribution >= 0.6 is 11.6 Å². The Kier molecular flexibility index (Phi) is 4.07. The van der Waals surface area contributed by atoms with E-state index in [-0.39, 0.29) is 29.4 Å². The molecule has 1 spiro atoms. The summed E-state index contributed by atoms with van der Waals surface area (Å²) in [7, 11) is 2.19. The van der Waals surface area contributed by atoms with E-state index in [1.807, 2.05) is 6.07 Å². The summed E-state index contributed by atoms with van der Waals surface area (Å²) in [6.45, 7) is 2.29. The Balaban J connectivity index is 0.00000120. The van der Waals surface area contributed by atoms with Crippen LogP contribution < -0.4 is 24.0 Å². The highest BCUT2D eigenvalue weighted by molar-refractivity contribution is 6.30. The first kappa shape index (κ1) is 14.3. The van der Waals surface area contributed by atoms with E-state index < -0.39 is 0 Å². The molecule has 3 rings (SSSR count). The zero-order valence-corrected chi connectivity index (χ0v) is 13.9. The van der Waals surface area contributed by atoms with Crippen molar-refractivity contribution in [3.8, 4) is 0 Å². The lowest BCUT2D eigenvalue weighted by Gasteiger charge is -2.31. The van der Waals surface area contributed by atoms with E-state index in [4.69, 9.17) is 11.6 Å². The molecule has 1 aromatic rings. The molecule has 1 aromatic carbocycles. The summed E-state index contributed by atoms with van der Waals surface area (Å²) in [6, 6.07) is 6.37. The van der Waals surface area contributed by atoms with Crippen LogP contribution in [0, 0.1) is 0 Å². The summed E-state index contributed by atoms with van der Waals surface area (Å²) >= 11 is 6.19. The number of benzene rings is 1. The molecule has 0 bridgehead atoms. The van der Waals surface area contributed by atoms with Crippen LogP contribution in [0.4, 0.5) is 5.69 Å². The summed E-state index contributed by atoms with van der Waals surface area (Å²) in [5.41, 5.74) is 4.61. The average molecular weight is 376 g/mol. The quantitative estimate of drug-likeness (QED) is 0.475. The molecule has 18 heavy (non-hydrogen) atoms. The lowest BCUT2D eigenvalue weighted by molar-refractivity contribution is -0.403. The summed E-state index contributed by atoms with van der Waals surface area (Å²) in [5.74, 6) is 0. The monoisotopic (exact) mass is 375 g/mol. The van der Waals surface area contributed by atoms with Crippen molar-refractivity contribution in [1.82, 2.24) is 0 Å². The summed E-state index contributed by atoms with van der Waals surface area (Å²) < 4.78 is 2.36. The van der Waals surface area contributed by atoms with Crippen LogP contribution in [0.3, 0.4) is 0 Å². The first-order chi connectivity index (χ1) is 8.15. The minimum absolute atomic E-state index is 0. The molecule has 0 saturated heterocycles. The van der Waals surface area contributed by atoms with E-state index >= 15 is 0 Å². The molecule has 2 aliphatic rings. The molecule has 0 aromatic heterocycles. The lowest BCUT2D eigenvalue weighted by atomic mass is 9.68. The molecular weight excluding hydrogens is 357 g/mol. The summed E-state index contributed by atoms with van der Waals surface area (Å²) in [4.78, 5) is 0. The van der Waals surface area contributed by atoms with E-state index in [2.05, 4.69) is 30.7 Å². The van der Waals surface area contributed by atoms with Crippen molar-refractivity contribution < 1.29 is 28.6 Å². The minimum Gasteiger partial charge on any atom is -1.00 e. The third kappa shape index (κ3) is 1.92. The molecule has 1 fully saturated rings. The molecule has 1 aliphatic carbocycles. The maximum atomic E-state index is 6.19. The van der Waals surface area contributed by atoms with Crippen LogP contribution in [0.1, 0.15) is 44.6 Å². The van der Waals surface area contributed by atoms with Crippen molar-refractivity contribution in [3.05, 3.63) is 28.8 Å². The average Bonchev–Trinajstić information content (AvgIpc) is 2.54. The Morgan fingerprint density at radius 3 is 2.50 bits per heavy atom. The van der Waals surface area contributed by atoms with Crippen LogP contribution in [0.15, 0.2) is 18.2 Å². The molecule has 1 nitrogen and oxygen atoms in total. The van der Waals surface area contributed by atoms with Crippen molar-refractivity contribution in [3.63, 3.8) is 0 Å². The van der Waals surface area contributed by atoms with Crippen molar-refractivity contribution in [2.24, 2.45) is 0 Å². The maximum Gasteiger partial charge on any atom is 0.209 e. The minimum atomic E-state index is 0. The fourth-order valence-corrected chi connectivity index (χ4v) is 3.84. The lowest BCUT2D eigenvalue weighted by Crippen LogP contribution is -3.00. The van der Waals surface area contributed by atoms with E-state index in [0.29, 0.717) is 0 Å². The second-order valence-electron chi connectivity index (χ2n) is 5.45. The Hall–Kier alpha value is -0.0900. The van der Waals surface area contributed by atoms with E-state index in [0.717, 1.165) is 5.02 Å². The topological polar surface area (TPSA) is 3.01 Å². The number of rotatable bonds is 0. The molecule has 0 atom stereocenters. The highest BCUT2D eigenvalue weighted by Crippen LogP contribution is 2.48. The molecule has 98 valence electrons. The van der Waals surface area contributed by atoms with E-state index in [1.54, 1.807) is 0 Å². The van der Waals surface area contributed by atoms with Gasteiger partial charge in [-0.05, 0) is 25.0 Å². The zero-order chi connectivity index (χ0) is 12.0. The Bertz CT molecular complexity index is 501. The molecular formula is C15H19ClIN. The molecule has 1 heterocycles. The van der Waals surface area contributed by atoms with Gasteiger partial charge in [-0.3, -0.25) is 0 Å². The zero-order valence-electron chi connectivity index (χ0n) is 11.0. The Morgan fingerprint density at radius 1 is 1.17 bits per heavy atom. The second-order valence-corrected chi connectivity index (χ2v) is 5.89. The molecule has 1 saturated carbocycles. The number of fused-ring (bicyclic) bond motifs is 2. The predicted octanol–water partition coefficient (Wildman–Crippen LogP) is 1.29. The highest BCUT2D eigenvalue weighted by atomic mass is 127. The van der Waals surface area contributed by atoms with Gasteiger partial charge in [0.05, 0.1) is 5.41 Å². The smallest absolute Gasteiger partial charge is 0.209 e. The largest absolute Gasteiger partial charge is 1.00 e. The van der Waals surface area contributed by atoms with Gasteiger partial charge in [-0.2, -0.15) is 0 Å². The van der Waals surface area contributed by atoms with Crippen molar-refractivity contribution in [1.29, 1.82) is 0 Å². The third-order valence-corrected chi connectivity index (χ3v) is 4.97. The van der Waals surface area contributed by atoms with Crippen LogP contribution in [0.2, 0.25) is 5.02 Å². The molecule has 0 unspecified atom stereocenters. The van der Waals surface area contributed by atoms with Crippen LogP contribution in [0.5, 0.6) is 0 Å². The van der Waals surface area contributed by atoms with Gasteiger partial charge in [0.1, 0.15) is 7.05 Å². The third-order valence-electron chi connectivity index (χ3n) is 4.74. The van der Waals surface area contributed by atoms with Gasteiger partial charge in [-0.25, -0.2) is 4.58 Å². The van der Waals surface area contributed by atoms with Crippen LogP contribution in [-0.4, -0.2) is 17.3 Å². The van der Waals surface area contributed by atoms with Gasteiger partial charge in [0.25, 0.3) is 0 Å². The van der Waals surface area contributed by atoms with Crippen molar-refractivity contribution in [2.75, 3.05) is 7.05 Å². The van der Waals surface area contributed by atoms with Gasteiger partial charge in [0, 0.05) is 23.6 Å². The van der Waals surface area contributed by atoms with Crippen LogP contribution in [-0.2, 0) is 5.41 Å². The normalized spacial score (nSPS) is 20.8. The first-order valence-corrected chi connectivity index (χ1v) is 6.91.